The number of aliphatic hydroxyl groups excluding tert-OH is 1. The summed E-state index contributed by atoms with van der Waals surface area (Å²) in [6, 6.07) is 0. The Morgan fingerprint density at radius 2 is 2.00 bits per heavy atom. The summed E-state index contributed by atoms with van der Waals surface area (Å²) in [6.07, 6.45) is 6.69. The van der Waals surface area contributed by atoms with Crippen LogP contribution in [-0.4, -0.2) is 17.3 Å². The molecule has 72 valence electrons. The molecule has 0 heterocycles. The molecule has 0 aliphatic heterocycles. The third-order valence-corrected chi connectivity index (χ3v) is 3.10. The van der Waals surface area contributed by atoms with E-state index < -0.39 is 0 Å². The molecule has 0 aromatic rings. The quantitative estimate of drug-likeness (QED) is 0.678. The normalized spacial score (nSPS) is 36.8. The van der Waals surface area contributed by atoms with Gasteiger partial charge in [0.25, 0.3) is 0 Å². The number of rotatable bonds is 3. The van der Waals surface area contributed by atoms with Crippen LogP contribution in [0.2, 0.25) is 0 Å². The molecule has 0 unspecified atom stereocenters. The molecule has 0 aromatic heterocycles. The van der Waals surface area contributed by atoms with Crippen LogP contribution in [-0.2, 0) is 0 Å². The highest BCUT2D eigenvalue weighted by atomic mass is 16.2. The smallest absolute Gasteiger partial charge is 0.0431 e. The zero-order valence-corrected chi connectivity index (χ0v) is 8.05. The van der Waals surface area contributed by atoms with Gasteiger partial charge in [-0.25, -0.2) is 0 Å². The summed E-state index contributed by atoms with van der Waals surface area (Å²) < 4.78 is 0. The Morgan fingerprint density at radius 3 is 2.50 bits per heavy atom. The second-order valence-electron chi connectivity index (χ2n) is 4.37. The molecule has 0 aromatic carbocycles. The third-order valence-electron chi connectivity index (χ3n) is 3.10. The van der Waals surface area contributed by atoms with Crippen LogP contribution in [0.1, 0.15) is 45.4 Å². The van der Waals surface area contributed by atoms with Crippen molar-refractivity contribution in [2.45, 2.75) is 51.0 Å². The summed E-state index contributed by atoms with van der Waals surface area (Å²) in [5.74, 6) is 0.857. The second-order valence-corrected chi connectivity index (χ2v) is 4.37. The number of aliphatic hydroxyl groups is 1. The van der Waals surface area contributed by atoms with Gasteiger partial charge in [-0.3, -0.25) is 0 Å². The highest BCUT2D eigenvalue weighted by Crippen LogP contribution is 2.32. The van der Waals surface area contributed by atoms with E-state index in [9.17, 15) is 0 Å². The van der Waals surface area contributed by atoms with E-state index in [1.54, 1.807) is 0 Å². The minimum Gasteiger partial charge on any atom is -0.396 e. The van der Waals surface area contributed by atoms with E-state index in [1.807, 2.05) is 0 Å². The van der Waals surface area contributed by atoms with Gasteiger partial charge in [0.1, 0.15) is 0 Å². The van der Waals surface area contributed by atoms with Gasteiger partial charge in [-0.1, -0.05) is 6.92 Å². The molecule has 0 spiro atoms. The van der Waals surface area contributed by atoms with Gasteiger partial charge in [0.05, 0.1) is 0 Å². The first-order chi connectivity index (χ1) is 5.66. The summed E-state index contributed by atoms with van der Waals surface area (Å²) in [4.78, 5) is 0. The van der Waals surface area contributed by atoms with E-state index in [4.69, 9.17) is 10.8 Å². The molecule has 0 amide bonds. The molecule has 2 heteroatoms. The van der Waals surface area contributed by atoms with Crippen molar-refractivity contribution in [2.24, 2.45) is 11.7 Å². The average Bonchev–Trinajstić information content (AvgIpc) is 2.08. The molecule has 0 atom stereocenters. The monoisotopic (exact) mass is 171 g/mol. The molecule has 0 bridgehead atoms. The first kappa shape index (κ1) is 10.0. The van der Waals surface area contributed by atoms with Gasteiger partial charge in [0.15, 0.2) is 0 Å². The molecule has 1 aliphatic carbocycles. The Bertz CT molecular complexity index is 122. The van der Waals surface area contributed by atoms with Gasteiger partial charge in [0.2, 0.25) is 0 Å². The fourth-order valence-electron chi connectivity index (χ4n) is 2.02. The summed E-state index contributed by atoms with van der Waals surface area (Å²) in [5.41, 5.74) is 6.25. The van der Waals surface area contributed by atoms with Crippen LogP contribution >= 0.6 is 0 Å². The zero-order valence-electron chi connectivity index (χ0n) is 8.05. The lowest BCUT2D eigenvalue weighted by Crippen LogP contribution is -2.43. The number of nitrogens with two attached hydrogens (primary N) is 1. The van der Waals surface area contributed by atoms with Crippen LogP contribution in [0.3, 0.4) is 0 Å². The number of hydrogen-bond donors (Lipinski definition) is 2. The predicted octanol–water partition coefficient (Wildman–Crippen LogP) is 1.67. The van der Waals surface area contributed by atoms with Crippen LogP contribution < -0.4 is 5.73 Å². The van der Waals surface area contributed by atoms with E-state index >= 15 is 0 Å². The lowest BCUT2D eigenvalue weighted by molar-refractivity contribution is 0.204. The Labute approximate surface area is 75.2 Å². The minimum atomic E-state index is 0.0508. The fraction of sp³-hybridized carbons (Fsp3) is 1.00. The van der Waals surface area contributed by atoms with Gasteiger partial charge in [-0.15, -0.1) is 0 Å². The third kappa shape index (κ3) is 2.76. The van der Waals surface area contributed by atoms with Crippen LogP contribution in [0.5, 0.6) is 0 Å². The zero-order chi connectivity index (χ0) is 9.03. The minimum absolute atomic E-state index is 0.0508. The molecule has 12 heavy (non-hydrogen) atoms. The fourth-order valence-corrected chi connectivity index (χ4v) is 2.02. The van der Waals surface area contributed by atoms with Crippen molar-refractivity contribution in [3.8, 4) is 0 Å². The van der Waals surface area contributed by atoms with Crippen LogP contribution in [0.4, 0.5) is 0 Å². The second kappa shape index (κ2) is 4.24. The average molecular weight is 171 g/mol. The largest absolute Gasteiger partial charge is 0.396 e. The van der Waals surface area contributed by atoms with E-state index in [0.717, 1.165) is 31.6 Å². The molecule has 1 rings (SSSR count). The highest BCUT2D eigenvalue weighted by Gasteiger charge is 2.29. The van der Waals surface area contributed by atoms with Gasteiger partial charge >= 0.3 is 0 Å². The summed E-state index contributed by atoms with van der Waals surface area (Å²) in [7, 11) is 0. The van der Waals surface area contributed by atoms with Crippen molar-refractivity contribution in [3.05, 3.63) is 0 Å². The van der Waals surface area contributed by atoms with Crippen LogP contribution in [0, 0.1) is 5.92 Å². The van der Waals surface area contributed by atoms with Crippen molar-refractivity contribution < 1.29 is 5.11 Å². The summed E-state index contributed by atoms with van der Waals surface area (Å²) in [6.45, 7) is 2.58. The highest BCUT2D eigenvalue weighted by molar-refractivity contribution is 4.88. The Kier molecular flexibility index (Phi) is 3.53. The molecule has 3 N–H and O–H groups in total. The maximum atomic E-state index is 8.71. The topological polar surface area (TPSA) is 46.2 Å². The van der Waals surface area contributed by atoms with Gasteiger partial charge in [-0.05, 0) is 44.4 Å². The van der Waals surface area contributed by atoms with Crippen LogP contribution in [0.25, 0.3) is 0 Å². The number of hydrogen-bond acceptors (Lipinski definition) is 2. The van der Waals surface area contributed by atoms with Gasteiger partial charge < -0.3 is 10.8 Å². The standard InChI is InChI=1S/C10H21NO/c1-9-3-6-10(11,7-4-9)5-2-8-12/h9,12H,2-8,11H2,1H3. The van der Waals surface area contributed by atoms with Crippen molar-refractivity contribution >= 4 is 0 Å². The summed E-state index contributed by atoms with van der Waals surface area (Å²) in [5, 5.41) is 8.71. The molecule has 1 saturated carbocycles. The van der Waals surface area contributed by atoms with Gasteiger partial charge in [0, 0.05) is 12.1 Å². The maximum Gasteiger partial charge on any atom is 0.0431 e. The lowest BCUT2D eigenvalue weighted by Gasteiger charge is -2.36. The molecule has 1 aliphatic rings. The maximum absolute atomic E-state index is 8.71. The molecular weight excluding hydrogens is 150 g/mol. The van der Waals surface area contributed by atoms with E-state index in [1.165, 1.54) is 12.8 Å². The molecule has 0 saturated heterocycles. The Morgan fingerprint density at radius 1 is 1.42 bits per heavy atom. The van der Waals surface area contributed by atoms with Crippen molar-refractivity contribution in [1.82, 2.24) is 0 Å². The molecule has 0 radical (unpaired) electrons. The van der Waals surface area contributed by atoms with E-state index in [-0.39, 0.29) is 12.1 Å². The van der Waals surface area contributed by atoms with E-state index in [2.05, 4.69) is 6.92 Å². The van der Waals surface area contributed by atoms with Crippen LogP contribution in [0.15, 0.2) is 0 Å². The van der Waals surface area contributed by atoms with Crippen molar-refractivity contribution in [1.29, 1.82) is 0 Å². The molecule has 1 fully saturated rings. The molecular formula is C10H21NO. The first-order valence-corrected chi connectivity index (χ1v) is 5.06. The van der Waals surface area contributed by atoms with Crippen molar-refractivity contribution in [3.63, 3.8) is 0 Å². The molecule has 2 nitrogen and oxygen atoms in total. The van der Waals surface area contributed by atoms with Gasteiger partial charge in [-0.2, -0.15) is 0 Å². The van der Waals surface area contributed by atoms with Crippen molar-refractivity contribution in [2.75, 3.05) is 6.61 Å². The Hall–Kier alpha value is -0.0800. The Balaban J connectivity index is 2.29. The SMILES string of the molecule is CC1CCC(N)(CCCO)CC1. The lowest BCUT2D eigenvalue weighted by atomic mass is 9.75. The summed E-state index contributed by atoms with van der Waals surface area (Å²) >= 11 is 0. The first-order valence-electron chi connectivity index (χ1n) is 5.06. The van der Waals surface area contributed by atoms with E-state index in [0.29, 0.717) is 0 Å². The predicted molar refractivity (Wildman–Crippen MR) is 50.9 cm³/mol.